The Hall–Kier alpha value is -1.73. The van der Waals surface area contributed by atoms with Gasteiger partial charge in [-0.25, -0.2) is 14.7 Å². The number of anilines is 1. The average Bonchev–Trinajstić information content (AvgIpc) is 2.99. The zero-order valence-corrected chi connectivity index (χ0v) is 12.9. The van der Waals surface area contributed by atoms with Crippen LogP contribution in [0.25, 0.3) is 0 Å². The number of amides is 3. The van der Waals surface area contributed by atoms with E-state index in [1.54, 1.807) is 18.6 Å². The van der Waals surface area contributed by atoms with Crippen molar-refractivity contribution in [3.05, 3.63) is 45.9 Å². The van der Waals surface area contributed by atoms with Crippen molar-refractivity contribution in [2.45, 2.75) is 6.04 Å². The standard InChI is InChI=1S/C13H10BrN3O2S/c1-16-10(8-3-2-4-9(14)7-8)11(18)17(13(16)19)12-15-5-6-20-12/h2-7,10H,1H3. The first kappa shape index (κ1) is 13.3. The molecule has 1 aliphatic heterocycles. The van der Waals surface area contributed by atoms with Crippen molar-refractivity contribution in [2.75, 3.05) is 11.9 Å². The molecule has 0 bridgehead atoms. The van der Waals surface area contributed by atoms with Crippen molar-refractivity contribution in [3.63, 3.8) is 0 Å². The summed E-state index contributed by atoms with van der Waals surface area (Å²) < 4.78 is 0.872. The van der Waals surface area contributed by atoms with E-state index in [0.29, 0.717) is 5.13 Å². The van der Waals surface area contributed by atoms with Crippen molar-refractivity contribution < 1.29 is 9.59 Å². The van der Waals surface area contributed by atoms with Gasteiger partial charge in [-0.2, -0.15) is 0 Å². The summed E-state index contributed by atoms with van der Waals surface area (Å²) in [4.78, 5) is 31.4. The molecule has 102 valence electrons. The fraction of sp³-hybridized carbons (Fsp3) is 0.154. The molecule has 20 heavy (non-hydrogen) atoms. The lowest BCUT2D eigenvalue weighted by Crippen LogP contribution is -2.31. The van der Waals surface area contributed by atoms with Gasteiger partial charge in [0.2, 0.25) is 5.13 Å². The van der Waals surface area contributed by atoms with E-state index < -0.39 is 6.04 Å². The number of benzene rings is 1. The van der Waals surface area contributed by atoms with Gasteiger partial charge in [0.25, 0.3) is 5.91 Å². The Morgan fingerprint density at radius 3 is 2.80 bits per heavy atom. The third-order valence-electron chi connectivity index (χ3n) is 3.11. The monoisotopic (exact) mass is 351 g/mol. The molecule has 1 aromatic carbocycles. The summed E-state index contributed by atoms with van der Waals surface area (Å²) in [5.74, 6) is -0.273. The molecule has 1 aromatic heterocycles. The van der Waals surface area contributed by atoms with Gasteiger partial charge in [0.15, 0.2) is 0 Å². The van der Waals surface area contributed by atoms with Crippen molar-refractivity contribution >= 4 is 44.3 Å². The minimum Gasteiger partial charge on any atom is -0.311 e. The van der Waals surface area contributed by atoms with Crippen LogP contribution in [0.5, 0.6) is 0 Å². The molecule has 2 heterocycles. The van der Waals surface area contributed by atoms with Crippen molar-refractivity contribution in [3.8, 4) is 0 Å². The van der Waals surface area contributed by atoms with E-state index in [9.17, 15) is 9.59 Å². The number of carbonyl (C=O) groups is 2. The fourth-order valence-corrected chi connectivity index (χ4v) is 3.25. The van der Waals surface area contributed by atoms with Gasteiger partial charge in [-0.1, -0.05) is 28.1 Å². The smallest absolute Gasteiger partial charge is 0.311 e. The van der Waals surface area contributed by atoms with Crippen LogP contribution in [0.2, 0.25) is 0 Å². The number of hydrogen-bond donors (Lipinski definition) is 0. The summed E-state index contributed by atoms with van der Waals surface area (Å²) >= 11 is 4.65. The van der Waals surface area contributed by atoms with Crippen LogP contribution in [0.15, 0.2) is 40.3 Å². The Morgan fingerprint density at radius 1 is 1.35 bits per heavy atom. The Kier molecular flexibility index (Phi) is 3.31. The lowest BCUT2D eigenvalue weighted by atomic mass is 10.1. The summed E-state index contributed by atoms with van der Waals surface area (Å²) in [6, 6.07) is 6.44. The van der Waals surface area contributed by atoms with Crippen molar-refractivity contribution in [2.24, 2.45) is 0 Å². The van der Waals surface area contributed by atoms with E-state index in [2.05, 4.69) is 20.9 Å². The van der Waals surface area contributed by atoms with Gasteiger partial charge in [0.1, 0.15) is 6.04 Å². The first-order chi connectivity index (χ1) is 9.59. The van der Waals surface area contributed by atoms with E-state index in [1.165, 1.54) is 16.2 Å². The molecule has 1 aliphatic rings. The van der Waals surface area contributed by atoms with Gasteiger partial charge in [0, 0.05) is 23.1 Å². The maximum Gasteiger partial charge on any atom is 0.334 e. The lowest BCUT2D eigenvalue weighted by molar-refractivity contribution is -0.119. The van der Waals surface area contributed by atoms with E-state index in [-0.39, 0.29) is 11.9 Å². The number of rotatable bonds is 2. The lowest BCUT2D eigenvalue weighted by Gasteiger charge is -2.16. The SMILES string of the molecule is CN1C(=O)N(c2nccs2)C(=O)C1c1cccc(Br)c1. The molecule has 0 radical (unpaired) electrons. The maximum absolute atomic E-state index is 12.6. The van der Waals surface area contributed by atoms with Crippen LogP contribution in [0, 0.1) is 0 Å². The first-order valence-electron chi connectivity index (χ1n) is 5.85. The third kappa shape index (κ3) is 2.03. The molecule has 1 fully saturated rings. The number of imide groups is 1. The number of carbonyl (C=O) groups excluding carboxylic acids is 2. The van der Waals surface area contributed by atoms with Crippen molar-refractivity contribution in [1.82, 2.24) is 9.88 Å². The van der Waals surface area contributed by atoms with E-state index in [0.717, 1.165) is 14.9 Å². The molecule has 1 atom stereocenters. The number of thiazole rings is 1. The van der Waals surface area contributed by atoms with Crippen LogP contribution in [-0.4, -0.2) is 28.9 Å². The van der Waals surface area contributed by atoms with E-state index in [4.69, 9.17) is 0 Å². The molecular weight excluding hydrogens is 342 g/mol. The van der Waals surface area contributed by atoms with Gasteiger partial charge in [-0.15, -0.1) is 11.3 Å². The van der Waals surface area contributed by atoms with Crippen LogP contribution >= 0.6 is 27.3 Å². The highest BCUT2D eigenvalue weighted by Gasteiger charge is 2.45. The highest BCUT2D eigenvalue weighted by molar-refractivity contribution is 9.10. The van der Waals surface area contributed by atoms with Crippen LogP contribution in [0.3, 0.4) is 0 Å². The maximum atomic E-state index is 12.6. The van der Waals surface area contributed by atoms with Gasteiger partial charge >= 0.3 is 6.03 Å². The summed E-state index contributed by atoms with van der Waals surface area (Å²) in [6.07, 6.45) is 1.58. The quantitative estimate of drug-likeness (QED) is 0.781. The van der Waals surface area contributed by atoms with Crippen LogP contribution < -0.4 is 4.90 Å². The number of urea groups is 1. The van der Waals surface area contributed by atoms with Crippen LogP contribution in [0.1, 0.15) is 11.6 Å². The molecule has 0 spiro atoms. The third-order valence-corrected chi connectivity index (χ3v) is 4.36. The van der Waals surface area contributed by atoms with E-state index in [1.807, 2.05) is 24.3 Å². The molecule has 5 nitrogen and oxygen atoms in total. The molecule has 1 saturated heterocycles. The minimum atomic E-state index is -0.608. The zero-order chi connectivity index (χ0) is 14.3. The van der Waals surface area contributed by atoms with Crippen molar-refractivity contribution in [1.29, 1.82) is 0 Å². The Bertz CT molecular complexity index is 674. The Labute approximate surface area is 128 Å². The average molecular weight is 352 g/mol. The zero-order valence-electron chi connectivity index (χ0n) is 10.5. The number of likely N-dealkylation sites (N-methyl/N-ethyl adjacent to an activating group) is 1. The van der Waals surface area contributed by atoms with E-state index >= 15 is 0 Å². The molecule has 1 unspecified atom stereocenters. The molecule has 3 amide bonds. The highest BCUT2D eigenvalue weighted by Crippen LogP contribution is 2.34. The Balaban J connectivity index is 2.02. The number of aromatic nitrogens is 1. The second-order valence-electron chi connectivity index (χ2n) is 4.34. The summed E-state index contributed by atoms with van der Waals surface area (Å²) in [5, 5.41) is 2.15. The largest absolute Gasteiger partial charge is 0.334 e. The van der Waals surface area contributed by atoms with Gasteiger partial charge < -0.3 is 4.90 Å². The van der Waals surface area contributed by atoms with Gasteiger partial charge in [-0.05, 0) is 17.7 Å². The summed E-state index contributed by atoms with van der Waals surface area (Å²) in [5.41, 5.74) is 0.777. The second-order valence-corrected chi connectivity index (χ2v) is 6.13. The molecule has 0 N–H and O–H groups in total. The molecule has 0 saturated carbocycles. The minimum absolute atomic E-state index is 0.273. The number of halogens is 1. The Morgan fingerprint density at radius 2 is 2.15 bits per heavy atom. The second kappa shape index (κ2) is 4.99. The van der Waals surface area contributed by atoms with Crippen LogP contribution in [-0.2, 0) is 4.79 Å². The molecule has 3 rings (SSSR count). The highest BCUT2D eigenvalue weighted by atomic mass is 79.9. The first-order valence-corrected chi connectivity index (χ1v) is 7.52. The number of hydrogen-bond acceptors (Lipinski definition) is 4. The van der Waals surface area contributed by atoms with Crippen LogP contribution in [0.4, 0.5) is 9.93 Å². The molecule has 2 aromatic rings. The summed E-state index contributed by atoms with van der Waals surface area (Å²) in [7, 11) is 1.62. The predicted molar refractivity (Wildman–Crippen MR) is 79.6 cm³/mol. The predicted octanol–water partition coefficient (Wildman–Crippen LogP) is 3.05. The fourth-order valence-electron chi connectivity index (χ4n) is 2.20. The van der Waals surface area contributed by atoms with Gasteiger partial charge in [0.05, 0.1) is 0 Å². The molecular formula is C13H10BrN3O2S. The molecule has 0 aliphatic carbocycles. The number of nitrogens with zero attached hydrogens (tertiary/aromatic N) is 3. The summed E-state index contributed by atoms with van der Waals surface area (Å²) in [6.45, 7) is 0. The normalized spacial score (nSPS) is 19.0. The topological polar surface area (TPSA) is 53.5 Å². The molecule has 7 heteroatoms. The van der Waals surface area contributed by atoms with Gasteiger partial charge in [-0.3, -0.25) is 4.79 Å².